The number of nitrogens with two attached hydrogens (primary N) is 1. The minimum absolute atomic E-state index is 0.165. The van der Waals surface area contributed by atoms with E-state index in [-0.39, 0.29) is 18.4 Å². The van der Waals surface area contributed by atoms with Crippen LogP contribution in [0.1, 0.15) is 13.8 Å². The zero-order chi connectivity index (χ0) is 9.78. The van der Waals surface area contributed by atoms with Crippen LogP contribution in [0.3, 0.4) is 0 Å². The van der Waals surface area contributed by atoms with E-state index in [9.17, 15) is 8.42 Å². The molecule has 0 aromatic heterocycles. The zero-order valence-electron chi connectivity index (χ0n) is 7.09. The molecule has 0 aliphatic carbocycles. The maximum atomic E-state index is 11.0. The lowest BCUT2D eigenvalue weighted by atomic mass is 10.4. The van der Waals surface area contributed by atoms with Crippen molar-refractivity contribution in [2.45, 2.75) is 19.9 Å². The summed E-state index contributed by atoms with van der Waals surface area (Å²) in [6, 6.07) is -0.172. The minimum atomic E-state index is -3.50. The molecule has 0 saturated heterocycles. The first kappa shape index (κ1) is 11.3. The van der Waals surface area contributed by atoms with Crippen LogP contribution in [0.25, 0.3) is 0 Å². The van der Waals surface area contributed by atoms with Gasteiger partial charge in [0.25, 0.3) is 10.2 Å². The molecule has 0 atom stereocenters. The van der Waals surface area contributed by atoms with Crippen LogP contribution in [-0.2, 0) is 10.2 Å². The molecule has 0 amide bonds. The Hall–Kier alpha value is -0.660. The normalized spacial score (nSPS) is 11.9. The van der Waals surface area contributed by atoms with Crippen molar-refractivity contribution in [3.05, 3.63) is 0 Å². The van der Waals surface area contributed by atoms with Crippen LogP contribution in [0.4, 0.5) is 0 Å². The van der Waals surface area contributed by atoms with E-state index in [1.54, 1.807) is 13.8 Å². The highest BCUT2D eigenvalue weighted by atomic mass is 32.2. The molecule has 0 unspecified atom stereocenters. The monoisotopic (exact) mass is 194 g/mol. The standard InChI is InChI=1S/C5H14N4O2S/c1-4(2)9-12(10,11)8-3-5(6)7/h4,8-9H,3H2,1-2H3,(H3,6,7). The summed E-state index contributed by atoms with van der Waals surface area (Å²) in [5.41, 5.74) is 4.96. The molecule has 0 aromatic carbocycles. The third-order valence-electron chi connectivity index (χ3n) is 0.843. The third-order valence-corrected chi connectivity index (χ3v) is 2.15. The molecule has 0 radical (unpaired) electrons. The van der Waals surface area contributed by atoms with E-state index in [4.69, 9.17) is 11.1 Å². The van der Waals surface area contributed by atoms with Crippen molar-refractivity contribution in [2.24, 2.45) is 5.73 Å². The van der Waals surface area contributed by atoms with Crippen molar-refractivity contribution in [1.29, 1.82) is 5.41 Å². The number of hydrogen-bond donors (Lipinski definition) is 4. The fourth-order valence-corrected chi connectivity index (χ4v) is 1.57. The Bertz CT molecular complexity index is 246. The molecule has 0 aliphatic rings. The predicted octanol–water partition coefficient (Wildman–Crippen LogP) is -1.25. The summed E-state index contributed by atoms with van der Waals surface area (Å²) in [5.74, 6) is -0.218. The molecule has 0 aliphatic heterocycles. The van der Waals surface area contributed by atoms with E-state index in [0.717, 1.165) is 0 Å². The van der Waals surface area contributed by atoms with E-state index >= 15 is 0 Å². The first-order chi connectivity index (χ1) is 5.33. The lowest BCUT2D eigenvalue weighted by Gasteiger charge is -2.09. The van der Waals surface area contributed by atoms with Crippen LogP contribution in [0, 0.1) is 5.41 Å². The van der Waals surface area contributed by atoms with Gasteiger partial charge in [-0.05, 0) is 13.8 Å². The maximum Gasteiger partial charge on any atom is 0.277 e. The molecule has 5 N–H and O–H groups in total. The van der Waals surface area contributed by atoms with Crippen molar-refractivity contribution in [1.82, 2.24) is 9.44 Å². The Kier molecular flexibility index (Phi) is 4.15. The fraction of sp³-hybridized carbons (Fsp3) is 0.800. The fourth-order valence-electron chi connectivity index (χ4n) is 0.525. The summed E-state index contributed by atoms with van der Waals surface area (Å²) in [7, 11) is -3.50. The molecule has 7 heteroatoms. The van der Waals surface area contributed by atoms with Gasteiger partial charge in [-0.2, -0.15) is 17.9 Å². The Morgan fingerprint density at radius 2 is 2.08 bits per heavy atom. The second kappa shape index (κ2) is 4.39. The number of amidine groups is 1. The Morgan fingerprint density at radius 3 is 2.42 bits per heavy atom. The van der Waals surface area contributed by atoms with Gasteiger partial charge in [0, 0.05) is 6.04 Å². The van der Waals surface area contributed by atoms with E-state index in [2.05, 4.69) is 9.44 Å². The van der Waals surface area contributed by atoms with Gasteiger partial charge in [0.2, 0.25) is 0 Å². The van der Waals surface area contributed by atoms with Gasteiger partial charge in [0.15, 0.2) is 0 Å². The molecule has 0 bridgehead atoms. The molecule has 0 heterocycles. The van der Waals surface area contributed by atoms with Crippen LogP contribution >= 0.6 is 0 Å². The number of nitrogens with one attached hydrogen (secondary N) is 3. The van der Waals surface area contributed by atoms with Crippen LogP contribution in [0.5, 0.6) is 0 Å². The lowest BCUT2D eigenvalue weighted by molar-refractivity contribution is 0.559. The van der Waals surface area contributed by atoms with Gasteiger partial charge in [-0.1, -0.05) is 0 Å². The van der Waals surface area contributed by atoms with E-state index in [1.165, 1.54) is 0 Å². The van der Waals surface area contributed by atoms with Crippen LogP contribution in [0.2, 0.25) is 0 Å². The van der Waals surface area contributed by atoms with Gasteiger partial charge < -0.3 is 5.73 Å². The van der Waals surface area contributed by atoms with E-state index < -0.39 is 10.2 Å². The van der Waals surface area contributed by atoms with Gasteiger partial charge in [-0.25, -0.2) is 0 Å². The summed E-state index contributed by atoms with van der Waals surface area (Å²) >= 11 is 0. The van der Waals surface area contributed by atoms with Crippen molar-refractivity contribution in [3.63, 3.8) is 0 Å². The molecule has 6 nitrogen and oxygen atoms in total. The summed E-state index contributed by atoms with van der Waals surface area (Å²) in [6.07, 6.45) is 0. The topological polar surface area (TPSA) is 108 Å². The molecule has 0 saturated carbocycles. The first-order valence-electron chi connectivity index (χ1n) is 3.43. The van der Waals surface area contributed by atoms with Gasteiger partial charge in [-0.3, -0.25) is 5.41 Å². The molecular weight excluding hydrogens is 180 g/mol. The number of rotatable bonds is 5. The second-order valence-corrected chi connectivity index (χ2v) is 4.15. The molecule has 0 aromatic rings. The summed E-state index contributed by atoms with van der Waals surface area (Å²) in [6.45, 7) is 3.24. The summed E-state index contributed by atoms with van der Waals surface area (Å²) in [4.78, 5) is 0. The quantitative estimate of drug-likeness (QED) is 0.324. The van der Waals surface area contributed by atoms with Gasteiger partial charge in [0.1, 0.15) is 5.84 Å². The smallest absolute Gasteiger partial charge is 0.277 e. The summed E-state index contributed by atoms with van der Waals surface area (Å²) < 4.78 is 26.3. The van der Waals surface area contributed by atoms with Gasteiger partial charge >= 0.3 is 0 Å². The SMILES string of the molecule is CC(C)NS(=O)(=O)NCC(=N)N. The van der Waals surface area contributed by atoms with Gasteiger partial charge in [-0.15, -0.1) is 0 Å². The minimum Gasteiger partial charge on any atom is -0.387 e. The van der Waals surface area contributed by atoms with Crippen LogP contribution < -0.4 is 15.2 Å². The Labute approximate surface area is 72.2 Å². The van der Waals surface area contributed by atoms with Crippen LogP contribution in [0.15, 0.2) is 0 Å². The molecule has 72 valence electrons. The van der Waals surface area contributed by atoms with Crippen molar-refractivity contribution >= 4 is 16.0 Å². The largest absolute Gasteiger partial charge is 0.387 e. The molecule has 0 fully saturated rings. The van der Waals surface area contributed by atoms with Gasteiger partial charge in [0.05, 0.1) is 6.54 Å². The van der Waals surface area contributed by atoms with E-state index in [0.29, 0.717) is 0 Å². The highest BCUT2D eigenvalue weighted by Gasteiger charge is 2.09. The lowest BCUT2D eigenvalue weighted by Crippen LogP contribution is -2.43. The Balaban J connectivity index is 3.98. The van der Waals surface area contributed by atoms with Crippen molar-refractivity contribution in [3.8, 4) is 0 Å². The highest BCUT2D eigenvalue weighted by molar-refractivity contribution is 7.87. The number of hydrogen-bond acceptors (Lipinski definition) is 3. The third kappa shape index (κ3) is 6.08. The molecule has 12 heavy (non-hydrogen) atoms. The molecule has 0 spiro atoms. The average Bonchev–Trinajstić information content (AvgIpc) is 1.81. The second-order valence-electron chi connectivity index (χ2n) is 2.62. The molecular formula is C5H14N4O2S. The first-order valence-corrected chi connectivity index (χ1v) is 4.91. The van der Waals surface area contributed by atoms with Crippen LogP contribution in [-0.4, -0.2) is 26.8 Å². The van der Waals surface area contributed by atoms with Crippen molar-refractivity contribution in [2.75, 3.05) is 6.54 Å². The zero-order valence-corrected chi connectivity index (χ0v) is 7.90. The summed E-state index contributed by atoms with van der Waals surface area (Å²) in [5, 5.41) is 6.78. The highest BCUT2D eigenvalue weighted by Crippen LogP contribution is 1.81. The van der Waals surface area contributed by atoms with E-state index in [1.807, 2.05) is 0 Å². The van der Waals surface area contributed by atoms with Crippen molar-refractivity contribution < 1.29 is 8.42 Å². The maximum absolute atomic E-state index is 11.0. The predicted molar refractivity (Wildman–Crippen MR) is 47.1 cm³/mol. The average molecular weight is 194 g/mol. The molecule has 0 rings (SSSR count). The Morgan fingerprint density at radius 1 is 1.58 bits per heavy atom.